The summed E-state index contributed by atoms with van der Waals surface area (Å²) in [6, 6.07) is 3.58. The average molecular weight is 338 g/mol. The number of anilines is 2. The number of hydrogen-bond donors (Lipinski definition) is 2. The van der Waals surface area contributed by atoms with E-state index in [1.807, 2.05) is 6.07 Å². The molecule has 0 fully saturated rings. The van der Waals surface area contributed by atoms with Gasteiger partial charge < -0.3 is 11.1 Å². The molecule has 4 heterocycles. The smallest absolute Gasteiger partial charge is 0.264 e. The Balaban J connectivity index is 1.71. The van der Waals surface area contributed by atoms with Gasteiger partial charge in [-0.3, -0.25) is 14.3 Å². The van der Waals surface area contributed by atoms with Crippen LogP contribution in [-0.2, 0) is 0 Å². The molecular formula is C15H11FN8O. The zero-order chi connectivity index (χ0) is 17.4. The van der Waals surface area contributed by atoms with Crippen LogP contribution in [0, 0.1) is 5.82 Å². The second-order valence-corrected chi connectivity index (χ2v) is 5.11. The number of aromatic nitrogens is 6. The lowest BCUT2D eigenvalue weighted by atomic mass is 10.3. The van der Waals surface area contributed by atoms with E-state index in [9.17, 15) is 9.18 Å². The number of carbonyl (C=O) groups excluding carboxylic acids is 1. The second-order valence-electron chi connectivity index (χ2n) is 5.11. The van der Waals surface area contributed by atoms with E-state index >= 15 is 0 Å². The number of fused-ring (bicyclic) bond motifs is 1. The van der Waals surface area contributed by atoms with Crippen molar-refractivity contribution >= 4 is 23.2 Å². The van der Waals surface area contributed by atoms with E-state index in [4.69, 9.17) is 5.73 Å². The zero-order valence-corrected chi connectivity index (χ0v) is 12.7. The van der Waals surface area contributed by atoms with Crippen molar-refractivity contribution in [3.8, 4) is 5.69 Å². The van der Waals surface area contributed by atoms with E-state index in [0.717, 1.165) is 22.6 Å². The third-order valence-corrected chi connectivity index (χ3v) is 3.50. The summed E-state index contributed by atoms with van der Waals surface area (Å²) in [5.41, 5.74) is 6.73. The van der Waals surface area contributed by atoms with Crippen LogP contribution < -0.4 is 11.1 Å². The summed E-state index contributed by atoms with van der Waals surface area (Å²) in [6.07, 6.45) is 8.39. The van der Waals surface area contributed by atoms with Crippen molar-refractivity contribution in [2.24, 2.45) is 0 Å². The summed E-state index contributed by atoms with van der Waals surface area (Å²) < 4.78 is 16.0. The number of imidazole rings is 1. The van der Waals surface area contributed by atoms with Crippen LogP contribution in [0.4, 0.5) is 16.0 Å². The number of nitrogens with two attached hydrogens (primary N) is 1. The summed E-state index contributed by atoms with van der Waals surface area (Å²) in [7, 11) is 0. The topological polar surface area (TPSA) is 116 Å². The quantitative estimate of drug-likeness (QED) is 0.581. The molecule has 0 saturated carbocycles. The first-order chi connectivity index (χ1) is 12.1. The molecule has 0 radical (unpaired) electrons. The Morgan fingerprint density at radius 1 is 1.24 bits per heavy atom. The molecule has 3 N–H and O–H groups in total. The minimum atomic E-state index is -0.586. The number of carbonyl (C=O) groups is 1. The van der Waals surface area contributed by atoms with Crippen molar-refractivity contribution in [3.63, 3.8) is 0 Å². The Hall–Kier alpha value is -3.82. The van der Waals surface area contributed by atoms with E-state index in [1.54, 1.807) is 29.4 Å². The van der Waals surface area contributed by atoms with Gasteiger partial charge >= 0.3 is 0 Å². The van der Waals surface area contributed by atoms with Crippen molar-refractivity contribution < 1.29 is 9.18 Å². The number of nitrogens with zero attached hydrogens (tertiary/aromatic N) is 6. The molecule has 0 aliphatic carbocycles. The number of nitrogens with one attached hydrogen (secondary N) is 1. The maximum atomic E-state index is 13.2. The largest absolute Gasteiger partial charge is 0.381 e. The number of rotatable bonds is 3. The van der Waals surface area contributed by atoms with Crippen LogP contribution in [0.2, 0.25) is 0 Å². The van der Waals surface area contributed by atoms with Crippen LogP contribution in [0.5, 0.6) is 0 Å². The molecule has 4 rings (SSSR count). The highest BCUT2D eigenvalue weighted by molar-refractivity contribution is 6.11. The lowest BCUT2D eigenvalue weighted by molar-refractivity contribution is 0.102. The monoisotopic (exact) mass is 338 g/mol. The van der Waals surface area contributed by atoms with Crippen molar-refractivity contribution in [2.45, 2.75) is 0 Å². The molecule has 124 valence electrons. The van der Waals surface area contributed by atoms with Crippen LogP contribution in [0.3, 0.4) is 0 Å². The van der Waals surface area contributed by atoms with Gasteiger partial charge in [0, 0.05) is 6.20 Å². The van der Waals surface area contributed by atoms with Crippen molar-refractivity contribution in [1.82, 2.24) is 29.1 Å². The van der Waals surface area contributed by atoms with E-state index in [-0.39, 0.29) is 17.0 Å². The van der Waals surface area contributed by atoms with E-state index in [1.165, 1.54) is 6.20 Å². The number of pyridine rings is 1. The van der Waals surface area contributed by atoms with Gasteiger partial charge in [0.2, 0.25) is 0 Å². The SMILES string of the molecule is Nc1nn2cc(F)cnc2c1C(=O)Nc1cncn1-c1cccnc1. The third kappa shape index (κ3) is 2.55. The van der Waals surface area contributed by atoms with Gasteiger partial charge in [-0.15, -0.1) is 5.10 Å². The number of halogens is 1. The molecule has 1 amide bonds. The van der Waals surface area contributed by atoms with Crippen LogP contribution in [0.25, 0.3) is 11.3 Å². The Bertz CT molecular complexity index is 1070. The normalized spacial score (nSPS) is 10.9. The molecule has 4 aromatic heterocycles. The summed E-state index contributed by atoms with van der Waals surface area (Å²) in [5.74, 6) is -0.754. The molecule has 0 unspecified atom stereocenters. The van der Waals surface area contributed by atoms with Gasteiger partial charge in [-0.05, 0) is 12.1 Å². The molecule has 0 aromatic carbocycles. The van der Waals surface area contributed by atoms with Crippen molar-refractivity contribution in [3.05, 3.63) is 60.8 Å². The minimum absolute atomic E-state index is 0.0527. The van der Waals surface area contributed by atoms with E-state index < -0.39 is 11.7 Å². The van der Waals surface area contributed by atoms with Crippen molar-refractivity contribution in [1.29, 1.82) is 0 Å². The highest BCUT2D eigenvalue weighted by Gasteiger charge is 2.21. The predicted octanol–water partition coefficient (Wildman–Crippen LogP) is 1.28. The minimum Gasteiger partial charge on any atom is -0.381 e. The maximum Gasteiger partial charge on any atom is 0.264 e. The molecule has 4 aromatic rings. The fraction of sp³-hybridized carbons (Fsp3) is 0. The lowest BCUT2D eigenvalue weighted by Gasteiger charge is -2.08. The molecule has 0 atom stereocenters. The Morgan fingerprint density at radius 2 is 2.12 bits per heavy atom. The second kappa shape index (κ2) is 5.67. The average Bonchev–Trinajstić information content (AvgIpc) is 3.18. The molecule has 0 bridgehead atoms. The first kappa shape index (κ1) is 14.8. The molecule has 0 spiro atoms. The first-order valence-corrected chi connectivity index (χ1v) is 7.17. The van der Waals surface area contributed by atoms with Crippen LogP contribution in [0.1, 0.15) is 10.4 Å². The summed E-state index contributed by atoms with van der Waals surface area (Å²) in [5, 5.41) is 6.61. The fourth-order valence-corrected chi connectivity index (χ4v) is 2.42. The molecule has 0 aliphatic heterocycles. The van der Waals surface area contributed by atoms with Crippen LogP contribution in [0.15, 0.2) is 49.4 Å². The van der Waals surface area contributed by atoms with Crippen molar-refractivity contribution in [2.75, 3.05) is 11.1 Å². The van der Waals surface area contributed by atoms with E-state index in [0.29, 0.717) is 5.82 Å². The highest BCUT2D eigenvalue weighted by Crippen LogP contribution is 2.20. The van der Waals surface area contributed by atoms with Gasteiger partial charge in [0.1, 0.15) is 17.7 Å². The summed E-state index contributed by atoms with van der Waals surface area (Å²) in [4.78, 5) is 24.6. The molecule has 10 heteroatoms. The van der Waals surface area contributed by atoms with E-state index in [2.05, 4.69) is 25.4 Å². The molecule has 25 heavy (non-hydrogen) atoms. The maximum absolute atomic E-state index is 13.2. The Labute approximate surface area is 140 Å². The van der Waals surface area contributed by atoms with Crippen LogP contribution in [-0.4, -0.2) is 35.0 Å². The number of nitrogen functional groups attached to an aromatic ring is 1. The van der Waals surface area contributed by atoms with Gasteiger partial charge in [-0.1, -0.05) is 0 Å². The molecular weight excluding hydrogens is 327 g/mol. The Morgan fingerprint density at radius 3 is 2.92 bits per heavy atom. The fourth-order valence-electron chi connectivity index (χ4n) is 2.42. The van der Waals surface area contributed by atoms with Gasteiger partial charge in [0.05, 0.1) is 30.5 Å². The van der Waals surface area contributed by atoms with Gasteiger partial charge in [0.15, 0.2) is 17.3 Å². The Kier molecular flexibility index (Phi) is 3.35. The molecule has 9 nitrogen and oxygen atoms in total. The van der Waals surface area contributed by atoms with Gasteiger partial charge in [0.25, 0.3) is 5.91 Å². The lowest BCUT2D eigenvalue weighted by Crippen LogP contribution is -2.16. The van der Waals surface area contributed by atoms with Gasteiger partial charge in [-0.2, -0.15) is 0 Å². The predicted molar refractivity (Wildman–Crippen MR) is 86.7 cm³/mol. The number of hydrogen-bond acceptors (Lipinski definition) is 6. The van der Waals surface area contributed by atoms with Crippen LogP contribution >= 0.6 is 0 Å². The third-order valence-electron chi connectivity index (χ3n) is 3.50. The highest BCUT2D eigenvalue weighted by atomic mass is 19.1. The standard InChI is InChI=1S/C15H11FN8O/c16-9-4-20-14-12(13(17)22-24(14)7-9)15(25)21-11-6-19-8-23(11)10-2-1-3-18-5-10/h1-8H,(H2,17,22)(H,21,25). The van der Waals surface area contributed by atoms with Gasteiger partial charge in [-0.25, -0.2) is 18.9 Å². The number of amides is 1. The summed E-state index contributed by atoms with van der Waals surface area (Å²) in [6.45, 7) is 0. The first-order valence-electron chi connectivity index (χ1n) is 7.17. The zero-order valence-electron chi connectivity index (χ0n) is 12.7. The summed E-state index contributed by atoms with van der Waals surface area (Å²) >= 11 is 0. The molecule has 0 aliphatic rings. The molecule has 0 saturated heterocycles.